The van der Waals surface area contributed by atoms with Crippen molar-refractivity contribution in [1.29, 1.82) is 0 Å². The zero-order valence-electron chi connectivity index (χ0n) is 16.0. The first kappa shape index (κ1) is 17.6. The van der Waals surface area contributed by atoms with Crippen LogP contribution in [0, 0.1) is 0 Å². The second kappa shape index (κ2) is 7.51. The van der Waals surface area contributed by atoms with Crippen LogP contribution in [-0.4, -0.2) is 50.3 Å². The number of ether oxygens (including phenoxy) is 2. The van der Waals surface area contributed by atoms with E-state index in [1.807, 2.05) is 41.3 Å². The largest absolute Gasteiger partial charge is 0.497 e. The molecule has 148 valence electrons. The topological polar surface area (TPSA) is 103 Å². The fraction of sp³-hybridized carbons (Fsp3) is 0.300. The van der Waals surface area contributed by atoms with Gasteiger partial charge in [0.15, 0.2) is 11.6 Å². The van der Waals surface area contributed by atoms with E-state index in [2.05, 4.69) is 25.6 Å². The minimum Gasteiger partial charge on any atom is -0.497 e. The van der Waals surface area contributed by atoms with Crippen molar-refractivity contribution in [2.24, 2.45) is 0 Å². The number of H-pyrrole nitrogens is 1. The lowest BCUT2D eigenvalue weighted by Gasteiger charge is -2.22. The molecule has 0 spiro atoms. The molecule has 29 heavy (non-hydrogen) atoms. The molecule has 0 saturated carbocycles. The minimum absolute atomic E-state index is 0.365. The third-order valence-electron chi connectivity index (χ3n) is 5.06. The van der Waals surface area contributed by atoms with Gasteiger partial charge in [0.1, 0.15) is 16.8 Å². The highest BCUT2D eigenvalue weighted by atomic mass is 16.5. The molecule has 0 unspecified atom stereocenters. The molecule has 0 bridgehead atoms. The van der Waals surface area contributed by atoms with E-state index in [0.717, 1.165) is 54.1 Å². The zero-order valence-corrected chi connectivity index (χ0v) is 16.0. The first-order chi connectivity index (χ1) is 14.3. The van der Waals surface area contributed by atoms with Crippen LogP contribution in [0.25, 0.3) is 22.4 Å². The monoisotopic (exact) mass is 391 g/mol. The first-order valence-electron chi connectivity index (χ1n) is 9.54. The third kappa shape index (κ3) is 3.52. The van der Waals surface area contributed by atoms with E-state index in [0.29, 0.717) is 17.7 Å². The highest BCUT2D eigenvalue weighted by Crippen LogP contribution is 2.28. The molecule has 3 aromatic heterocycles. The van der Waals surface area contributed by atoms with Crippen molar-refractivity contribution in [1.82, 2.24) is 29.9 Å². The van der Waals surface area contributed by atoms with Gasteiger partial charge in [0.05, 0.1) is 31.2 Å². The molecule has 1 fully saturated rings. The summed E-state index contributed by atoms with van der Waals surface area (Å²) in [6.45, 7) is 1.55. The van der Waals surface area contributed by atoms with Gasteiger partial charge in [0.25, 0.3) is 0 Å². The zero-order chi connectivity index (χ0) is 19.6. The number of methoxy groups -OCH3 is 1. The standard InChI is InChI=1S/C20H21N7O2/c1-28-16-4-2-3-13(9-16)19-24-17-11-21-26-18(17)20(25-19)23-14-10-22-27(12-14)15-5-7-29-8-6-15/h2-4,9-12,15H,5-8H2,1H3,(H,21,26)(H,23,24,25). The van der Waals surface area contributed by atoms with E-state index in [-0.39, 0.29) is 0 Å². The molecule has 4 heterocycles. The van der Waals surface area contributed by atoms with Crippen LogP contribution in [0.1, 0.15) is 18.9 Å². The van der Waals surface area contributed by atoms with E-state index in [9.17, 15) is 0 Å². The summed E-state index contributed by atoms with van der Waals surface area (Å²) in [7, 11) is 1.64. The maximum absolute atomic E-state index is 5.44. The molecule has 1 aromatic carbocycles. The molecular formula is C20H21N7O2. The van der Waals surface area contributed by atoms with Crippen molar-refractivity contribution in [3.63, 3.8) is 0 Å². The average molecular weight is 391 g/mol. The van der Waals surface area contributed by atoms with Crippen molar-refractivity contribution in [3.05, 3.63) is 42.9 Å². The summed E-state index contributed by atoms with van der Waals surface area (Å²) >= 11 is 0. The Labute approximate surface area is 167 Å². The second-order valence-electron chi connectivity index (χ2n) is 6.94. The van der Waals surface area contributed by atoms with Crippen LogP contribution < -0.4 is 10.1 Å². The predicted octanol–water partition coefficient (Wildman–Crippen LogP) is 3.32. The number of nitrogens with zero attached hydrogens (tertiary/aromatic N) is 5. The van der Waals surface area contributed by atoms with Crippen molar-refractivity contribution >= 4 is 22.5 Å². The van der Waals surface area contributed by atoms with Crippen LogP contribution in [0.2, 0.25) is 0 Å². The minimum atomic E-state index is 0.365. The molecule has 0 aliphatic carbocycles. The number of nitrogens with one attached hydrogen (secondary N) is 2. The molecule has 4 aromatic rings. The number of fused-ring (bicyclic) bond motifs is 1. The third-order valence-corrected chi connectivity index (χ3v) is 5.06. The van der Waals surface area contributed by atoms with Crippen LogP contribution in [0.3, 0.4) is 0 Å². The average Bonchev–Trinajstić information content (AvgIpc) is 3.44. The number of hydrogen-bond donors (Lipinski definition) is 2. The molecule has 2 N–H and O–H groups in total. The molecule has 9 nitrogen and oxygen atoms in total. The van der Waals surface area contributed by atoms with Gasteiger partial charge in [-0.05, 0) is 25.0 Å². The fourth-order valence-corrected chi connectivity index (χ4v) is 3.51. The smallest absolute Gasteiger partial charge is 0.162 e. The number of anilines is 2. The Morgan fingerprint density at radius 2 is 2.10 bits per heavy atom. The number of benzene rings is 1. The van der Waals surface area contributed by atoms with Gasteiger partial charge in [-0.2, -0.15) is 10.2 Å². The maximum atomic E-state index is 5.44. The normalized spacial score (nSPS) is 14.9. The van der Waals surface area contributed by atoms with Gasteiger partial charge in [0.2, 0.25) is 0 Å². The number of rotatable bonds is 5. The van der Waals surface area contributed by atoms with E-state index < -0.39 is 0 Å². The summed E-state index contributed by atoms with van der Waals surface area (Å²) < 4.78 is 12.8. The van der Waals surface area contributed by atoms with E-state index in [4.69, 9.17) is 14.5 Å². The molecule has 1 saturated heterocycles. The van der Waals surface area contributed by atoms with Gasteiger partial charge in [0, 0.05) is 25.0 Å². The SMILES string of the molecule is COc1cccc(-c2nc(Nc3cnn(C4CCOCC4)c3)c3[nH]ncc3n2)c1. The fourth-order valence-electron chi connectivity index (χ4n) is 3.51. The highest BCUT2D eigenvalue weighted by molar-refractivity contribution is 5.88. The van der Waals surface area contributed by atoms with E-state index in [1.165, 1.54) is 0 Å². The van der Waals surface area contributed by atoms with Crippen LogP contribution in [0.5, 0.6) is 5.75 Å². The Balaban J connectivity index is 1.48. The van der Waals surface area contributed by atoms with Gasteiger partial charge in [-0.15, -0.1) is 0 Å². The van der Waals surface area contributed by atoms with Crippen LogP contribution in [0.4, 0.5) is 11.5 Å². The van der Waals surface area contributed by atoms with Gasteiger partial charge in [-0.1, -0.05) is 12.1 Å². The van der Waals surface area contributed by atoms with Crippen molar-refractivity contribution in [2.45, 2.75) is 18.9 Å². The Hall–Kier alpha value is -3.46. The summed E-state index contributed by atoms with van der Waals surface area (Å²) in [4.78, 5) is 9.36. The van der Waals surface area contributed by atoms with Crippen LogP contribution in [-0.2, 0) is 4.74 Å². The molecule has 0 atom stereocenters. The molecule has 9 heteroatoms. The Bertz CT molecular complexity index is 1130. The predicted molar refractivity (Wildman–Crippen MR) is 108 cm³/mol. The maximum Gasteiger partial charge on any atom is 0.162 e. The van der Waals surface area contributed by atoms with E-state index in [1.54, 1.807) is 13.3 Å². The van der Waals surface area contributed by atoms with Gasteiger partial charge in [-0.25, -0.2) is 9.97 Å². The Kier molecular flexibility index (Phi) is 4.57. The Morgan fingerprint density at radius 1 is 1.21 bits per heavy atom. The van der Waals surface area contributed by atoms with Gasteiger partial charge >= 0.3 is 0 Å². The Morgan fingerprint density at radius 3 is 2.97 bits per heavy atom. The lowest BCUT2D eigenvalue weighted by Crippen LogP contribution is -2.19. The molecule has 5 rings (SSSR count). The summed E-state index contributed by atoms with van der Waals surface area (Å²) in [6.07, 6.45) is 7.45. The summed E-state index contributed by atoms with van der Waals surface area (Å²) in [5.74, 6) is 2.00. The lowest BCUT2D eigenvalue weighted by molar-refractivity contribution is 0.0662. The summed E-state index contributed by atoms with van der Waals surface area (Å²) in [6, 6.07) is 8.04. The van der Waals surface area contributed by atoms with E-state index >= 15 is 0 Å². The van der Waals surface area contributed by atoms with Crippen molar-refractivity contribution < 1.29 is 9.47 Å². The molecule has 1 aliphatic heterocycles. The van der Waals surface area contributed by atoms with Crippen molar-refractivity contribution in [3.8, 4) is 17.1 Å². The van der Waals surface area contributed by atoms with Crippen LogP contribution in [0.15, 0.2) is 42.9 Å². The molecule has 0 radical (unpaired) electrons. The summed E-state index contributed by atoms with van der Waals surface area (Å²) in [5.41, 5.74) is 3.21. The first-order valence-corrected chi connectivity index (χ1v) is 9.54. The van der Waals surface area contributed by atoms with Gasteiger partial charge in [-0.3, -0.25) is 9.78 Å². The van der Waals surface area contributed by atoms with Crippen molar-refractivity contribution in [2.75, 3.05) is 25.6 Å². The van der Waals surface area contributed by atoms with Crippen LogP contribution >= 0.6 is 0 Å². The number of hydrogen-bond acceptors (Lipinski definition) is 7. The molecule has 1 aliphatic rings. The quantitative estimate of drug-likeness (QED) is 0.538. The lowest BCUT2D eigenvalue weighted by atomic mass is 10.1. The highest BCUT2D eigenvalue weighted by Gasteiger charge is 2.17. The summed E-state index contributed by atoms with van der Waals surface area (Å²) in [5, 5.41) is 15.0. The number of aromatic nitrogens is 6. The number of aromatic amines is 1. The molecule has 0 amide bonds. The second-order valence-corrected chi connectivity index (χ2v) is 6.94. The van der Waals surface area contributed by atoms with Gasteiger partial charge < -0.3 is 14.8 Å². The molecular weight excluding hydrogens is 370 g/mol.